The third kappa shape index (κ3) is 6.74. The quantitative estimate of drug-likeness (QED) is 0.403. The van der Waals surface area contributed by atoms with Gasteiger partial charge < -0.3 is 19.3 Å². The van der Waals surface area contributed by atoms with Gasteiger partial charge in [0.2, 0.25) is 0 Å². The molecule has 8 nitrogen and oxygen atoms in total. The minimum atomic E-state index is -2.38. The summed E-state index contributed by atoms with van der Waals surface area (Å²) in [5.41, 5.74) is 0. The van der Waals surface area contributed by atoms with E-state index in [1.807, 2.05) is 0 Å². The Morgan fingerprint density at radius 2 is 1.30 bits per heavy atom. The van der Waals surface area contributed by atoms with E-state index in [9.17, 15) is 19.2 Å². The summed E-state index contributed by atoms with van der Waals surface area (Å²) in [5.74, 6) is -7.03. The van der Waals surface area contributed by atoms with Crippen LogP contribution in [0, 0.1) is 0 Å². The molecule has 0 atom stereocenters. The summed E-state index contributed by atoms with van der Waals surface area (Å²) in [4.78, 5) is 43.7. The number of carboxylic acid groups (broad SMARTS) is 1. The molecular formula is C12H12O8. The third-order valence-corrected chi connectivity index (χ3v) is 1.55. The molecule has 0 aliphatic rings. The monoisotopic (exact) mass is 284 g/mol. The van der Waals surface area contributed by atoms with Crippen LogP contribution in [0.1, 0.15) is 6.92 Å². The van der Waals surface area contributed by atoms with E-state index < -0.39 is 29.9 Å². The van der Waals surface area contributed by atoms with Gasteiger partial charge in [-0.15, -0.1) is 0 Å². The summed E-state index contributed by atoms with van der Waals surface area (Å²) in [6.07, 6.45) is 2.54. The van der Waals surface area contributed by atoms with Crippen LogP contribution in [0.15, 0.2) is 37.5 Å². The molecule has 0 aromatic rings. The largest absolute Gasteiger partial charge is 0.478 e. The number of rotatable bonds is 7. The normalized spacial score (nSPS) is 10.4. The average Bonchev–Trinajstić information content (AvgIpc) is 2.35. The standard InChI is InChI=1S/C12H12O8/c1-4-9(15)18-12(3,19-10(16)5-2)20-11(17)7-6-8(13)14/h4-7H,1-2H2,3H3,(H,13,14)/b7-6+. The zero-order valence-electron chi connectivity index (χ0n) is 10.5. The second kappa shape index (κ2) is 7.52. The molecule has 0 spiro atoms. The molecule has 0 fully saturated rings. The zero-order chi connectivity index (χ0) is 15.8. The van der Waals surface area contributed by atoms with E-state index in [1.165, 1.54) is 0 Å². The molecule has 0 heterocycles. The van der Waals surface area contributed by atoms with Gasteiger partial charge in [-0.2, -0.15) is 0 Å². The van der Waals surface area contributed by atoms with Crippen LogP contribution in [0.4, 0.5) is 0 Å². The second-order valence-electron chi connectivity index (χ2n) is 3.21. The second-order valence-corrected chi connectivity index (χ2v) is 3.21. The number of carbonyl (C=O) groups excluding carboxylic acids is 3. The number of ether oxygens (including phenoxy) is 3. The van der Waals surface area contributed by atoms with Crippen molar-refractivity contribution >= 4 is 23.9 Å². The minimum absolute atomic E-state index is 0.493. The van der Waals surface area contributed by atoms with Crippen molar-refractivity contribution in [1.82, 2.24) is 0 Å². The topological polar surface area (TPSA) is 116 Å². The molecule has 0 aromatic heterocycles. The Hall–Kier alpha value is -2.90. The summed E-state index contributed by atoms with van der Waals surface area (Å²) in [7, 11) is 0. The minimum Gasteiger partial charge on any atom is -0.478 e. The van der Waals surface area contributed by atoms with E-state index in [0.717, 1.165) is 19.1 Å². The van der Waals surface area contributed by atoms with Crippen LogP contribution in [0.2, 0.25) is 0 Å². The predicted octanol–water partition coefficient (Wildman–Crippen LogP) is 0.302. The first-order chi connectivity index (χ1) is 9.22. The van der Waals surface area contributed by atoms with Gasteiger partial charge in [-0.3, -0.25) is 0 Å². The fourth-order valence-corrected chi connectivity index (χ4v) is 0.867. The van der Waals surface area contributed by atoms with Gasteiger partial charge in [-0.25, -0.2) is 19.2 Å². The van der Waals surface area contributed by atoms with Crippen molar-refractivity contribution < 1.29 is 38.5 Å². The number of aliphatic carboxylic acids is 1. The van der Waals surface area contributed by atoms with Crippen LogP contribution < -0.4 is 0 Å². The van der Waals surface area contributed by atoms with E-state index in [2.05, 4.69) is 27.4 Å². The molecule has 20 heavy (non-hydrogen) atoms. The van der Waals surface area contributed by atoms with Crippen LogP contribution in [0.5, 0.6) is 0 Å². The first-order valence-corrected chi connectivity index (χ1v) is 5.07. The molecule has 1 N–H and O–H groups in total. The maximum atomic E-state index is 11.3. The summed E-state index contributed by atoms with van der Waals surface area (Å²) in [5, 5.41) is 8.34. The van der Waals surface area contributed by atoms with E-state index in [1.54, 1.807) is 0 Å². The number of hydrogen-bond acceptors (Lipinski definition) is 7. The van der Waals surface area contributed by atoms with Crippen molar-refractivity contribution in [2.45, 2.75) is 12.9 Å². The van der Waals surface area contributed by atoms with Gasteiger partial charge in [0.25, 0.3) is 0 Å². The molecule has 0 bridgehead atoms. The SMILES string of the molecule is C=CC(=O)OC(C)(OC(=O)C=C)OC(=O)/C=C/C(=O)O. The number of esters is 3. The Morgan fingerprint density at radius 1 is 0.900 bits per heavy atom. The first kappa shape index (κ1) is 17.1. The number of carbonyl (C=O) groups is 4. The van der Waals surface area contributed by atoms with Gasteiger partial charge in [0.1, 0.15) is 0 Å². The lowest BCUT2D eigenvalue weighted by atomic mass is 10.5. The highest BCUT2D eigenvalue weighted by Crippen LogP contribution is 2.16. The summed E-state index contributed by atoms with van der Waals surface area (Å²) in [6, 6.07) is 0. The van der Waals surface area contributed by atoms with E-state index in [4.69, 9.17) is 5.11 Å². The maximum Gasteiger partial charge on any atom is 0.421 e. The lowest BCUT2D eigenvalue weighted by molar-refractivity contribution is -0.314. The molecule has 8 heteroatoms. The highest BCUT2D eigenvalue weighted by Gasteiger charge is 2.36. The average molecular weight is 284 g/mol. The van der Waals surface area contributed by atoms with Crippen LogP contribution in [0.3, 0.4) is 0 Å². The molecular weight excluding hydrogens is 272 g/mol. The fraction of sp³-hybridized carbons (Fsp3) is 0.167. The molecule has 0 aromatic carbocycles. The van der Waals surface area contributed by atoms with Crippen LogP contribution in [0.25, 0.3) is 0 Å². The van der Waals surface area contributed by atoms with Gasteiger partial charge >= 0.3 is 29.9 Å². The first-order valence-electron chi connectivity index (χ1n) is 5.07. The molecule has 108 valence electrons. The summed E-state index contributed by atoms with van der Waals surface area (Å²) >= 11 is 0. The Labute approximate surface area is 113 Å². The van der Waals surface area contributed by atoms with E-state index in [0.29, 0.717) is 12.2 Å². The predicted molar refractivity (Wildman–Crippen MR) is 63.9 cm³/mol. The van der Waals surface area contributed by atoms with E-state index >= 15 is 0 Å². The highest BCUT2D eigenvalue weighted by atomic mass is 16.9. The van der Waals surface area contributed by atoms with Crippen LogP contribution in [-0.4, -0.2) is 35.0 Å². The number of carboxylic acids is 1. The molecule has 0 radical (unpaired) electrons. The lowest BCUT2D eigenvalue weighted by Gasteiger charge is -2.26. The summed E-state index contributed by atoms with van der Waals surface area (Å²) < 4.78 is 13.7. The molecule has 0 aliphatic carbocycles. The van der Waals surface area contributed by atoms with Gasteiger partial charge in [-0.1, -0.05) is 13.2 Å². The van der Waals surface area contributed by atoms with Gasteiger partial charge in [-0.05, 0) is 0 Å². The van der Waals surface area contributed by atoms with Crippen molar-refractivity contribution in [3.63, 3.8) is 0 Å². The highest BCUT2D eigenvalue weighted by molar-refractivity contribution is 5.91. The number of hydrogen-bond donors (Lipinski definition) is 1. The van der Waals surface area contributed by atoms with Gasteiger partial charge in [0.05, 0.1) is 6.92 Å². The Balaban J connectivity index is 5.01. The van der Waals surface area contributed by atoms with Crippen LogP contribution >= 0.6 is 0 Å². The Kier molecular flexibility index (Phi) is 6.43. The lowest BCUT2D eigenvalue weighted by Crippen LogP contribution is -2.40. The Morgan fingerprint density at radius 3 is 1.65 bits per heavy atom. The molecule has 0 rings (SSSR count). The van der Waals surface area contributed by atoms with E-state index in [-0.39, 0.29) is 0 Å². The molecule has 0 saturated heterocycles. The van der Waals surface area contributed by atoms with Gasteiger partial charge in [0, 0.05) is 24.3 Å². The maximum absolute atomic E-state index is 11.3. The van der Waals surface area contributed by atoms with Crippen molar-refractivity contribution in [1.29, 1.82) is 0 Å². The van der Waals surface area contributed by atoms with Crippen LogP contribution in [-0.2, 0) is 33.4 Å². The molecule has 0 aliphatic heterocycles. The molecule has 0 saturated carbocycles. The Bertz CT molecular complexity index is 452. The fourth-order valence-electron chi connectivity index (χ4n) is 0.867. The van der Waals surface area contributed by atoms with Crippen molar-refractivity contribution in [3.8, 4) is 0 Å². The summed E-state index contributed by atoms with van der Waals surface area (Å²) in [6.45, 7) is 7.19. The smallest absolute Gasteiger partial charge is 0.421 e. The van der Waals surface area contributed by atoms with Crippen molar-refractivity contribution in [2.75, 3.05) is 0 Å². The zero-order valence-corrected chi connectivity index (χ0v) is 10.5. The van der Waals surface area contributed by atoms with Gasteiger partial charge in [0.15, 0.2) is 0 Å². The van der Waals surface area contributed by atoms with Crippen molar-refractivity contribution in [2.24, 2.45) is 0 Å². The molecule has 0 unspecified atom stereocenters. The molecule has 0 amide bonds. The van der Waals surface area contributed by atoms with Crippen molar-refractivity contribution in [3.05, 3.63) is 37.5 Å². The third-order valence-electron chi connectivity index (χ3n) is 1.55.